The summed E-state index contributed by atoms with van der Waals surface area (Å²) in [4.78, 5) is 32.9. The van der Waals surface area contributed by atoms with E-state index in [0.29, 0.717) is 57.6 Å². The van der Waals surface area contributed by atoms with E-state index in [0.717, 1.165) is 44.2 Å². The Bertz CT molecular complexity index is 3760. The fourth-order valence-electron chi connectivity index (χ4n) is 10.7. The normalized spacial score (nSPS) is 17.0. The summed E-state index contributed by atoms with van der Waals surface area (Å²) in [7, 11) is 5.11. The zero-order valence-corrected chi connectivity index (χ0v) is 49.3. The molecular formula is C61H68N11O10P. The average molecular weight is 1150 g/mol. The van der Waals surface area contributed by atoms with Crippen LogP contribution < -0.4 is 15.1 Å². The van der Waals surface area contributed by atoms with E-state index < -0.39 is 44.3 Å². The molecule has 0 saturated carbocycles. The number of nitrogens with zero attached hydrogens (tertiary/aromatic N) is 11. The highest BCUT2D eigenvalue weighted by Crippen LogP contribution is 2.52. The molecule has 21 nitrogen and oxygen atoms in total. The molecule has 0 radical (unpaired) electrons. The summed E-state index contributed by atoms with van der Waals surface area (Å²) >= 11 is 0. The molecule has 1 unspecified atom stereocenters. The number of rotatable bonds is 24. The van der Waals surface area contributed by atoms with Crippen molar-refractivity contribution in [3.8, 4) is 17.6 Å². The number of aromatic nitrogens is 7. The van der Waals surface area contributed by atoms with Gasteiger partial charge in [-0.1, -0.05) is 59.8 Å². The molecule has 5 atom stereocenters. The number of benzene rings is 4. The Morgan fingerprint density at radius 1 is 0.855 bits per heavy atom. The van der Waals surface area contributed by atoms with E-state index in [1.165, 1.54) is 12.4 Å². The number of methoxy groups -OCH3 is 2. The second-order valence-electron chi connectivity index (χ2n) is 21.0. The van der Waals surface area contributed by atoms with Crippen molar-refractivity contribution in [2.45, 2.75) is 110 Å². The zero-order chi connectivity index (χ0) is 58.5. The fourth-order valence-corrected chi connectivity index (χ4v) is 12.5. The van der Waals surface area contributed by atoms with Crippen LogP contribution in [-0.2, 0) is 42.0 Å². The lowest BCUT2D eigenvalue weighted by atomic mass is 9.80. The van der Waals surface area contributed by atoms with Gasteiger partial charge >= 0.3 is 5.63 Å². The SMILES string of the molecule is COc1ccc(C(OC[C@H]2O[C@@H](n3cnc4c(/N=C/N(C)C)ncnc43)[C@H](OCc3cn(Cc4c(C)oc5c(C)c6oc(=O)cc(C)c6cc45)nn3)[C@@H]2OP(OCCC#N)N(C(C)C)C(C)C)(c2ccccc2)c2ccc(OC)cc2)cc1. The second-order valence-corrected chi connectivity index (χ2v) is 22.5. The Labute approximate surface area is 482 Å². The van der Waals surface area contributed by atoms with Crippen LogP contribution in [0.3, 0.4) is 0 Å². The zero-order valence-electron chi connectivity index (χ0n) is 48.4. The lowest BCUT2D eigenvalue weighted by Gasteiger charge is -2.39. The Morgan fingerprint density at radius 3 is 2.18 bits per heavy atom. The molecule has 4 aromatic carbocycles. The van der Waals surface area contributed by atoms with Gasteiger partial charge in [0.2, 0.25) is 0 Å². The van der Waals surface area contributed by atoms with Crippen LogP contribution in [-0.4, -0.2) is 122 Å². The van der Waals surface area contributed by atoms with E-state index in [-0.39, 0.29) is 38.3 Å². The van der Waals surface area contributed by atoms with Crippen LogP contribution in [0.15, 0.2) is 128 Å². The first-order valence-electron chi connectivity index (χ1n) is 27.4. The van der Waals surface area contributed by atoms with E-state index >= 15 is 0 Å². The minimum atomic E-state index is -1.91. The summed E-state index contributed by atoms with van der Waals surface area (Å²) in [5.41, 5.74) is 5.78. The number of aryl methyl sites for hydroxylation is 3. The Kier molecular flexibility index (Phi) is 17.8. The Hall–Kier alpha value is -7.93. The molecule has 0 amide bonds. The second kappa shape index (κ2) is 25.3. The predicted octanol–water partition coefficient (Wildman–Crippen LogP) is 10.6. The number of hydrogen-bond acceptors (Lipinski definition) is 18. The number of hydrogen-bond donors (Lipinski definition) is 0. The number of nitriles is 1. The van der Waals surface area contributed by atoms with Crippen molar-refractivity contribution in [3.05, 3.63) is 165 Å². The van der Waals surface area contributed by atoms with Gasteiger partial charge in [-0.2, -0.15) is 5.26 Å². The van der Waals surface area contributed by atoms with Gasteiger partial charge in [-0.25, -0.2) is 34.1 Å². The van der Waals surface area contributed by atoms with Crippen molar-refractivity contribution in [2.75, 3.05) is 41.5 Å². The molecular weight excluding hydrogens is 1080 g/mol. The number of fused-ring (bicyclic) bond motifs is 3. The molecule has 9 aromatic rings. The monoisotopic (exact) mass is 1150 g/mol. The third-order valence-electron chi connectivity index (χ3n) is 14.6. The molecule has 22 heteroatoms. The first kappa shape index (κ1) is 58.3. The van der Waals surface area contributed by atoms with E-state index in [1.807, 2.05) is 135 Å². The molecule has 1 aliphatic heterocycles. The van der Waals surface area contributed by atoms with Crippen LogP contribution in [0, 0.1) is 32.1 Å². The van der Waals surface area contributed by atoms with Crippen LogP contribution in [0.5, 0.6) is 11.5 Å². The first-order chi connectivity index (χ1) is 40.1. The molecule has 6 heterocycles. The van der Waals surface area contributed by atoms with Gasteiger partial charge in [0.05, 0.1) is 71.9 Å². The topological polar surface area (TPSA) is 225 Å². The molecule has 10 rings (SSSR count). The smallest absolute Gasteiger partial charge is 0.336 e. The summed E-state index contributed by atoms with van der Waals surface area (Å²) in [6.07, 6.45) is 3.00. The van der Waals surface area contributed by atoms with Crippen LogP contribution >= 0.6 is 8.53 Å². The molecule has 0 bridgehead atoms. The number of ether oxygens (including phenoxy) is 5. The van der Waals surface area contributed by atoms with Gasteiger partial charge in [-0.3, -0.25) is 4.57 Å². The molecule has 432 valence electrons. The summed E-state index contributed by atoms with van der Waals surface area (Å²) in [6.45, 7) is 14.4. The molecule has 1 aliphatic rings. The highest BCUT2D eigenvalue weighted by atomic mass is 31.2. The van der Waals surface area contributed by atoms with Crippen molar-refractivity contribution in [1.29, 1.82) is 5.26 Å². The molecule has 1 fully saturated rings. The van der Waals surface area contributed by atoms with Crippen molar-refractivity contribution in [1.82, 2.24) is 44.1 Å². The molecule has 0 spiro atoms. The number of furan rings is 1. The van der Waals surface area contributed by atoms with Gasteiger partial charge in [0.25, 0.3) is 8.53 Å². The molecule has 5 aromatic heterocycles. The van der Waals surface area contributed by atoms with Crippen LogP contribution in [0.2, 0.25) is 0 Å². The van der Waals surface area contributed by atoms with Gasteiger partial charge < -0.3 is 46.5 Å². The van der Waals surface area contributed by atoms with E-state index in [9.17, 15) is 10.1 Å². The summed E-state index contributed by atoms with van der Waals surface area (Å²) in [5, 5.41) is 20.7. The quantitative estimate of drug-likeness (QED) is 0.0137. The Balaban J connectivity index is 1.08. The minimum Gasteiger partial charge on any atom is -0.497 e. The third-order valence-corrected chi connectivity index (χ3v) is 16.7. The minimum absolute atomic E-state index is 0.0397. The van der Waals surface area contributed by atoms with Crippen LogP contribution in [0.25, 0.3) is 33.1 Å². The largest absolute Gasteiger partial charge is 0.497 e. The maximum absolute atomic E-state index is 12.4. The molecule has 0 N–H and O–H groups in total. The van der Waals surface area contributed by atoms with Crippen molar-refractivity contribution in [3.63, 3.8) is 0 Å². The fraction of sp³-hybridized carbons (Fsp3) is 0.377. The van der Waals surface area contributed by atoms with Crippen LogP contribution in [0.1, 0.15) is 85.2 Å². The Morgan fingerprint density at radius 2 is 1.53 bits per heavy atom. The average Bonchev–Trinajstić information content (AvgIpc) is 3.31. The predicted molar refractivity (Wildman–Crippen MR) is 314 cm³/mol. The van der Waals surface area contributed by atoms with Crippen molar-refractivity contribution >= 4 is 53.8 Å². The van der Waals surface area contributed by atoms with Crippen LogP contribution in [0.4, 0.5) is 5.82 Å². The summed E-state index contributed by atoms with van der Waals surface area (Å²) in [6, 6.07) is 31.3. The van der Waals surface area contributed by atoms with Gasteiger partial charge in [-0.05, 0) is 101 Å². The van der Waals surface area contributed by atoms with Gasteiger partial charge in [0.1, 0.15) is 64.4 Å². The molecule has 83 heavy (non-hydrogen) atoms. The van der Waals surface area contributed by atoms with E-state index in [1.54, 1.807) is 31.6 Å². The summed E-state index contributed by atoms with van der Waals surface area (Å²) < 4.78 is 65.2. The summed E-state index contributed by atoms with van der Waals surface area (Å²) in [5.74, 6) is 2.41. The van der Waals surface area contributed by atoms with Gasteiger partial charge in [-0.15, -0.1) is 5.10 Å². The van der Waals surface area contributed by atoms with Gasteiger partial charge in [0, 0.05) is 54.1 Å². The lowest BCUT2D eigenvalue weighted by molar-refractivity contribution is -0.0965. The number of imidazole rings is 1. The standard InChI is InChI=1S/C61H68N11O10P/c1-37(2)72(38(3)4)83(78-27-15-26-62)82-56-51(33-77-61(42-16-13-12-14-17-42,43-18-22-46(74-10)23-19-43)44-20-24-47(75-11)25-21-44)80-60(71-36-65-53-58(66-35-69(8)9)63-34-64-59(53)71)57(56)76-32-45-30-70(68-67-45)31-50-41(7)79-55-40(6)54-48(29-49(50)55)39(5)28-52(73)81-54/h12-14,16-25,28-30,34-38,51,56-57,60H,15,27,31-33H2,1-11H3/b66-35+/t51-,56-,57-,60-,83?/m1/s1. The third kappa shape index (κ3) is 12.0. The van der Waals surface area contributed by atoms with Gasteiger partial charge in [0.15, 0.2) is 23.2 Å². The molecule has 1 saturated heterocycles. The van der Waals surface area contributed by atoms with Crippen molar-refractivity contribution in [2.24, 2.45) is 4.99 Å². The molecule has 0 aliphatic carbocycles. The van der Waals surface area contributed by atoms with Crippen molar-refractivity contribution < 1.29 is 41.6 Å². The lowest BCUT2D eigenvalue weighted by Crippen LogP contribution is -2.43. The highest BCUT2D eigenvalue weighted by molar-refractivity contribution is 7.44. The van der Waals surface area contributed by atoms with E-state index in [4.69, 9.17) is 51.5 Å². The maximum Gasteiger partial charge on any atom is 0.336 e. The maximum atomic E-state index is 12.4. The first-order valence-corrected chi connectivity index (χ1v) is 28.5. The number of aliphatic imine (C=N–C) groups is 1. The van der Waals surface area contributed by atoms with E-state index in [2.05, 4.69) is 58.7 Å². The highest BCUT2D eigenvalue weighted by Gasteiger charge is 2.52.